The van der Waals surface area contributed by atoms with E-state index in [2.05, 4.69) is 30.8 Å². The molecule has 0 spiro atoms. The number of nitrogens with zero attached hydrogens (tertiary/aromatic N) is 4. The number of hydrogen-bond acceptors (Lipinski definition) is 8. The van der Waals surface area contributed by atoms with Crippen molar-refractivity contribution < 1.29 is 23.4 Å². The summed E-state index contributed by atoms with van der Waals surface area (Å²) in [4.78, 5) is 22.2. The summed E-state index contributed by atoms with van der Waals surface area (Å²) in [7, 11) is 1.49. The van der Waals surface area contributed by atoms with Crippen LogP contribution in [0.5, 0.6) is 5.88 Å². The van der Waals surface area contributed by atoms with E-state index in [0.29, 0.717) is 54.8 Å². The van der Waals surface area contributed by atoms with E-state index < -0.39 is 12.3 Å². The number of alkyl halides is 2. The van der Waals surface area contributed by atoms with Gasteiger partial charge in [0, 0.05) is 30.3 Å². The van der Waals surface area contributed by atoms with Crippen LogP contribution in [-0.2, 0) is 11.4 Å². The van der Waals surface area contributed by atoms with Gasteiger partial charge in [0.05, 0.1) is 19.4 Å². The number of aliphatic hydroxyl groups is 1. The molecule has 0 aromatic carbocycles. The molecule has 2 aliphatic heterocycles. The first-order valence-electron chi connectivity index (χ1n) is 10.2. The van der Waals surface area contributed by atoms with Gasteiger partial charge >= 0.3 is 6.43 Å². The first kappa shape index (κ1) is 21.2. The molecular formula is C19H25F2N7O3. The fourth-order valence-electron chi connectivity index (χ4n) is 4.45. The molecule has 2 aromatic heterocycles. The summed E-state index contributed by atoms with van der Waals surface area (Å²) in [5, 5.41) is 22.2. The van der Waals surface area contributed by atoms with Crippen molar-refractivity contribution in [3.8, 4) is 5.88 Å². The highest BCUT2D eigenvalue weighted by Gasteiger charge is 2.43. The van der Waals surface area contributed by atoms with Crippen LogP contribution in [0, 0.1) is 0 Å². The number of halogens is 2. The third-order valence-corrected chi connectivity index (χ3v) is 5.72. The second-order valence-corrected chi connectivity index (χ2v) is 7.78. The second kappa shape index (κ2) is 9.00. The average molecular weight is 437 g/mol. The van der Waals surface area contributed by atoms with E-state index in [-0.39, 0.29) is 24.7 Å². The Kier molecular flexibility index (Phi) is 6.16. The van der Waals surface area contributed by atoms with Gasteiger partial charge in [0.25, 0.3) is 5.91 Å². The number of methoxy groups -OCH3 is 1. The Morgan fingerprint density at radius 2 is 2.03 bits per heavy atom. The highest BCUT2D eigenvalue weighted by atomic mass is 19.3. The fourth-order valence-corrected chi connectivity index (χ4v) is 4.45. The number of aromatic nitrogens is 4. The van der Waals surface area contributed by atoms with Crippen LogP contribution in [0.4, 0.5) is 26.4 Å². The van der Waals surface area contributed by atoms with Crippen LogP contribution in [0.2, 0.25) is 0 Å². The van der Waals surface area contributed by atoms with Gasteiger partial charge in [0.15, 0.2) is 5.82 Å². The van der Waals surface area contributed by atoms with Gasteiger partial charge in [-0.2, -0.15) is 23.8 Å². The predicted octanol–water partition coefficient (Wildman–Crippen LogP) is 2.03. The molecule has 2 saturated heterocycles. The zero-order valence-corrected chi connectivity index (χ0v) is 17.0. The van der Waals surface area contributed by atoms with Gasteiger partial charge in [0.2, 0.25) is 11.8 Å². The summed E-state index contributed by atoms with van der Waals surface area (Å²) >= 11 is 0. The standard InChI is InChI=1S/C19H25F2N7O3/c1-31-16-8-14(23-15-7-11(9-29)26-27-15)24-19(25-16)22-10-5-12-3-2-4-13(6-10)28(12)18(30)17(20)21/h7-8,10,12-13,17,29H,2-6,9H2,1H3,(H3,22,23,24,25,26,27). The fraction of sp³-hybridized carbons (Fsp3) is 0.579. The molecule has 2 unspecified atom stereocenters. The van der Waals surface area contributed by atoms with Crippen molar-refractivity contribution in [2.45, 2.75) is 63.3 Å². The molecule has 1 amide bonds. The molecule has 0 aliphatic carbocycles. The molecule has 2 fully saturated rings. The third-order valence-electron chi connectivity index (χ3n) is 5.72. The van der Waals surface area contributed by atoms with Crippen LogP contribution in [0.25, 0.3) is 0 Å². The lowest BCUT2D eigenvalue weighted by atomic mass is 9.81. The van der Waals surface area contributed by atoms with Crippen molar-refractivity contribution in [2.75, 3.05) is 17.7 Å². The molecule has 31 heavy (non-hydrogen) atoms. The van der Waals surface area contributed by atoms with Crippen LogP contribution in [0.3, 0.4) is 0 Å². The van der Waals surface area contributed by atoms with Gasteiger partial charge in [-0.3, -0.25) is 9.89 Å². The summed E-state index contributed by atoms with van der Waals surface area (Å²) in [5.74, 6) is 0.512. The van der Waals surface area contributed by atoms with Crippen LogP contribution in [0.15, 0.2) is 12.1 Å². The Morgan fingerprint density at radius 3 is 2.65 bits per heavy atom. The first-order chi connectivity index (χ1) is 15.0. The van der Waals surface area contributed by atoms with Gasteiger partial charge in [-0.15, -0.1) is 0 Å². The number of H-pyrrole nitrogens is 1. The van der Waals surface area contributed by atoms with E-state index in [1.165, 1.54) is 12.0 Å². The topological polar surface area (TPSA) is 128 Å². The number of amides is 1. The summed E-state index contributed by atoms with van der Waals surface area (Å²) in [6.07, 6.45) is 0.487. The Bertz CT molecular complexity index is 912. The zero-order valence-electron chi connectivity index (χ0n) is 17.0. The molecule has 4 heterocycles. The first-order valence-corrected chi connectivity index (χ1v) is 10.2. The number of piperidine rings is 2. The van der Waals surface area contributed by atoms with Crippen LogP contribution in [-0.4, -0.2) is 67.7 Å². The number of carbonyl (C=O) groups is 1. The molecule has 2 bridgehead atoms. The Hall–Kier alpha value is -3.02. The quantitative estimate of drug-likeness (QED) is 0.518. The normalized spacial score (nSPS) is 23.0. The van der Waals surface area contributed by atoms with Crippen molar-refractivity contribution in [3.05, 3.63) is 17.8 Å². The van der Waals surface area contributed by atoms with E-state index in [9.17, 15) is 13.6 Å². The Labute approximate surface area is 177 Å². The van der Waals surface area contributed by atoms with Crippen molar-refractivity contribution in [2.24, 2.45) is 0 Å². The summed E-state index contributed by atoms with van der Waals surface area (Å²) in [5.41, 5.74) is 0.554. The monoisotopic (exact) mass is 437 g/mol. The van der Waals surface area contributed by atoms with Crippen LogP contribution < -0.4 is 15.4 Å². The van der Waals surface area contributed by atoms with Crippen molar-refractivity contribution >= 4 is 23.5 Å². The minimum Gasteiger partial charge on any atom is -0.481 e. The number of hydrogen-bond donors (Lipinski definition) is 4. The van der Waals surface area contributed by atoms with Crippen molar-refractivity contribution in [1.82, 2.24) is 25.1 Å². The molecule has 0 saturated carbocycles. The number of carbonyl (C=O) groups excluding carboxylic acids is 1. The average Bonchev–Trinajstić information content (AvgIpc) is 3.19. The maximum Gasteiger partial charge on any atom is 0.315 e. The van der Waals surface area contributed by atoms with Crippen molar-refractivity contribution in [1.29, 1.82) is 0 Å². The lowest BCUT2D eigenvalue weighted by Gasteiger charge is -2.48. The van der Waals surface area contributed by atoms with E-state index in [1.54, 1.807) is 12.1 Å². The molecule has 168 valence electrons. The van der Waals surface area contributed by atoms with Gasteiger partial charge in [0.1, 0.15) is 5.82 Å². The highest BCUT2D eigenvalue weighted by Crippen LogP contribution is 2.36. The summed E-state index contributed by atoms with van der Waals surface area (Å²) in [6.45, 7) is -0.163. The lowest BCUT2D eigenvalue weighted by Crippen LogP contribution is -2.58. The smallest absolute Gasteiger partial charge is 0.315 e. The van der Waals surface area contributed by atoms with E-state index in [1.807, 2.05) is 0 Å². The number of aromatic amines is 1. The number of aliphatic hydroxyl groups excluding tert-OH is 1. The number of fused-ring (bicyclic) bond motifs is 2. The zero-order chi connectivity index (χ0) is 22.0. The predicted molar refractivity (Wildman–Crippen MR) is 107 cm³/mol. The lowest BCUT2D eigenvalue weighted by molar-refractivity contribution is -0.152. The molecule has 10 nitrogen and oxygen atoms in total. The number of nitrogens with one attached hydrogen (secondary N) is 3. The van der Waals surface area contributed by atoms with E-state index >= 15 is 0 Å². The number of ether oxygens (including phenoxy) is 1. The minimum atomic E-state index is -2.98. The maximum absolute atomic E-state index is 13.0. The Balaban J connectivity index is 1.48. The van der Waals surface area contributed by atoms with E-state index in [0.717, 1.165) is 6.42 Å². The van der Waals surface area contributed by atoms with Gasteiger partial charge in [-0.05, 0) is 32.1 Å². The van der Waals surface area contributed by atoms with E-state index in [4.69, 9.17) is 9.84 Å². The molecule has 4 N–H and O–H groups in total. The SMILES string of the molecule is COc1cc(Nc2cc(CO)[nH]n2)nc(NC2CC3CCCC(C2)N3C(=O)C(F)F)n1. The Morgan fingerprint density at radius 1 is 1.29 bits per heavy atom. The largest absolute Gasteiger partial charge is 0.481 e. The van der Waals surface area contributed by atoms with Gasteiger partial charge < -0.3 is 25.4 Å². The molecular weight excluding hydrogens is 412 g/mol. The number of rotatable bonds is 7. The molecule has 2 aromatic rings. The molecule has 2 aliphatic rings. The molecule has 12 heteroatoms. The summed E-state index contributed by atoms with van der Waals surface area (Å²) in [6, 6.07) is 2.78. The number of anilines is 3. The van der Waals surface area contributed by atoms with Crippen LogP contribution in [0.1, 0.15) is 37.8 Å². The maximum atomic E-state index is 13.0. The van der Waals surface area contributed by atoms with Crippen LogP contribution >= 0.6 is 0 Å². The van der Waals surface area contributed by atoms with Crippen molar-refractivity contribution in [3.63, 3.8) is 0 Å². The minimum absolute atomic E-state index is 0.0525. The summed E-state index contributed by atoms with van der Waals surface area (Å²) < 4.78 is 31.3. The third kappa shape index (κ3) is 4.68. The molecule has 0 radical (unpaired) electrons. The van der Waals surface area contributed by atoms with Gasteiger partial charge in [-0.1, -0.05) is 0 Å². The molecule has 2 atom stereocenters. The second-order valence-electron chi connectivity index (χ2n) is 7.78. The van der Waals surface area contributed by atoms with Gasteiger partial charge in [-0.25, -0.2) is 0 Å². The molecule has 4 rings (SSSR count). The highest BCUT2D eigenvalue weighted by molar-refractivity contribution is 5.80.